The number of likely N-dealkylation sites (tertiary alicyclic amines) is 1. The van der Waals surface area contributed by atoms with Gasteiger partial charge in [0, 0.05) is 38.8 Å². The number of pyridine rings is 1. The first-order valence-corrected chi connectivity index (χ1v) is 8.95. The summed E-state index contributed by atoms with van der Waals surface area (Å²) in [6, 6.07) is 3.61. The molecular formula is C18H24N6O2. The highest BCUT2D eigenvalue weighted by Gasteiger charge is 2.54. The molecule has 0 radical (unpaired) electrons. The van der Waals surface area contributed by atoms with E-state index in [2.05, 4.69) is 37.3 Å². The molecule has 26 heavy (non-hydrogen) atoms. The van der Waals surface area contributed by atoms with Crippen LogP contribution in [0.5, 0.6) is 0 Å². The largest absolute Gasteiger partial charge is 0.355 e. The maximum absolute atomic E-state index is 12.3. The predicted octanol–water partition coefficient (Wildman–Crippen LogP) is 0.842. The molecule has 138 valence electrons. The topological polar surface area (TPSA) is 87.4 Å². The number of fused-ring (bicyclic) bond motifs is 1. The zero-order chi connectivity index (χ0) is 18.3. The van der Waals surface area contributed by atoms with Gasteiger partial charge in [0.05, 0.1) is 11.0 Å². The standard InChI is InChI=1S/C18H24N6O2/c1-12-21-17(26-22-12)18-6-8-23(3)9-13(18)10-24(11-18)15-14(16(25)19-2)5-4-7-20-15/h4-5,7,13H,6,8-11H2,1-3H3,(H,19,25)/t13-,18-/m1/s1. The Balaban J connectivity index is 1.73. The summed E-state index contributed by atoms with van der Waals surface area (Å²) in [5.41, 5.74) is 0.407. The molecule has 4 rings (SSSR count). The molecule has 2 fully saturated rings. The first kappa shape index (κ1) is 17.0. The van der Waals surface area contributed by atoms with Crippen molar-refractivity contribution in [2.45, 2.75) is 18.8 Å². The third kappa shape index (κ3) is 2.65. The van der Waals surface area contributed by atoms with Crippen LogP contribution in [0.3, 0.4) is 0 Å². The molecule has 2 aromatic rings. The fourth-order valence-corrected chi connectivity index (χ4v) is 4.32. The normalized spacial score (nSPS) is 26.0. The van der Waals surface area contributed by atoms with E-state index in [0.717, 1.165) is 38.4 Å². The van der Waals surface area contributed by atoms with Crippen LogP contribution < -0.4 is 10.2 Å². The molecule has 2 aliphatic heterocycles. The predicted molar refractivity (Wildman–Crippen MR) is 96.2 cm³/mol. The molecule has 2 aromatic heterocycles. The Bertz CT molecular complexity index is 822. The van der Waals surface area contributed by atoms with Gasteiger partial charge in [0.25, 0.3) is 5.91 Å². The van der Waals surface area contributed by atoms with Crippen LogP contribution in [0.4, 0.5) is 5.82 Å². The van der Waals surface area contributed by atoms with Crippen LogP contribution in [0.2, 0.25) is 0 Å². The number of carbonyl (C=O) groups is 1. The number of aryl methyl sites for hydroxylation is 1. The first-order valence-electron chi connectivity index (χ1n) is 8.95. The molecule has 0 aromatic carbocycles. The molecule has 1 N–H and O–H groups in total. The van der Waals surface area contributed by atoms with Crippen LogP contribution in [0.1, 0.15) is 28.5 Å². The van der Waals surface area contributed by atoms with E-state index in [0.29, 0.717) is 23.2 Å². The van der Waals surface area contributed by atoms with Gasteiger partial charge in [0.2, 0.25) is 5.89 Å². The number of nitrogens with one attached hydrogen (secondary N) is 1. The van der Waals surface area contributed by atoms with Crippen LogP contribution >= 0.6 is 0 Å². The van der Waals surface area contributed by atoms with Crippen molar-refractivity contribution in [2.24, 2.45) is 5.92 Å². The molecule has 2 atom stereocenters. The van der Waals surface area contributed by atoms with Crippen LogP contribution in [-0.4, -0.2) is 66.2 Å². The molecule has 8 heteroatoms. The lowest BCUT2D eigenvalue weighted by atomic mass is 9.72. The van der Waals surface area contributed by atoms with Crippen molar-refractivity contribution in [3.05, 3.63) is 35.6 Å². The molecule has 0 aliphatic carbocycles. The second kappa shape index (κ2) is 6.35. The molecule has 8 nitrogen and oxygen atoms in total. The van der Waals surface area contributed by atoms with Gasteiger partial charge in [-0.3, -0.25) is 4.79 Å². The van der Waals surface area contributed by atoms with E-state index in [4.69, 9.17) is 4.52 Å². The van der Waals surface area contributed by atoms with Crippen molar-refractivity contribution in [1.82, 2.24) is 25.3 Å². The van der Waals surface area contributed by atoms with Crippen molar-refractivity contribution >= 4 is 11.7 Å². The van der Waals surface area contributed by atoms with Crippen molar-refractivity contribution in [2.75, 3.05) is 45.2 Å². The minimum Gasteiger partial charge on any atom is -0.355 e. The number of rotatable bonds is 3. The summed E-state index contributed by atoms with van der Waals surface area (Å²) in [5.74, 6) is 2.32. The molecule has 1 amide bonds. The van der Waals surface area contributed by atoms with E-state index < -0.39 is 0 Å². The summed E-state index contributed by atoms with van der Waals surface area (Å²) in [5, 5.41) is 6.73. The van der Waals surface area contributed by atoms with E-state index in [9.17, 15) is 4.79 Å². The molecule has 0 saturated carbocycles. The van der Waals surface area contributed by atoms with Gasteiger partial charge in [-0.2, -0.15) is 4.98 Å². The zero-order valence-corrected chi connectivity index (χ0v) is 15.4. The van der Waals surface area contributed by atoms with Crippen LogP contribution in [0.25, 0.3) is 0 Å². The van der Waals surface area contributed by atoms with Crippen molar-refractivity contribution in [1.29, 1.82) is 0 Å². The zero-order valence-electron chi connectivity index (χ0n) is 15.4. The summed E-state index contributed by atoms with van der Waals surface area (Å²) >= 11 is 0. The van der Waals surface area contributed by atoms with E-state index in [1.165, 1.54) is 0 Å². The van der Waals surface area contributed by atoms with Crippen LogP contribution in [0.15, 0.2) is 22.9 Å². The molecular weight excluding hydrogens is 332 g/mol. The lowest BCUT2D eigenvalue weighted by Gasteiger charge is -2.39. The smallest absolute Gasteiger partial charge is 0.254 e. The minimum absolute atomic E-state index is 0.122. The van der Waals surface area contributed by atoms with Gasteiger partial charge in [-0.1, -0.05) is 5.16 Å². The second-order valence-electron chi connectivity index (χ2n) is 7.35. The third-order valence-electron chi connectivity index (χ3n) is 5.68. The number of hydrogen-bond acceptors (Lipinski definition) is 7. The van der Waals surface area contributed by atoms with Gasteiger partial charge < -0.3 is 19.6 Å². The summed E-state index contributed by atoms with van der Waals surface area (Å²) in [4.78, 5) is 25.9. The quantitative estimate of drug-likeness (QED) is 0.872. The van der Waals surface area contributed by atoms with Crippen molar-refractivity contribution < 1.29 is 9.32 Å². The number of anilines is 1. The van der Waals surface area contributed by atoms with Crippen molar-refractivity contribution in [3.63, 3.8) is 0 Å². The molecule has 2 aliphatic rings. The lowest BCUT2D eigenvalue weighted by Crippen LogP contribution is -2.48. The van der Waals surface area contributed by atoms with E-state index >= 15 is 0 Å². The second-order valence-corrected chi connectivity index (χ2v) is 7.35. The molecule has 0 unspecified atom stereocenters. The fraction of sp³-hybridized carbons (Fsp3) is 0.556. The summed E-state index contributed by atoms with van der Waals surface area (Å²) in [7, 11) is 3.78. The van der Waals surface area contributed by atoms with Gasteiger partial charge in [-0.25, -0.2) is 4.98 Å². The third-order valence-corrected chi connectivity index (χ3v) is 5.68. The fourth-order valence-electron chi connectivity index (χ4n) is 4.32. The Morgan fingerprint density at radius 1 is 1.42 bits per heavy atom. The number of nitrogens with zero attached hydrogens (tertiary/aromatic N) is 5. The number of hydrogen-bond donors (Lipinski definition) is 1. The first-order chi connectivity index (χ1) is 12.5. The Morgan fingerprint density at radius 3 is 3.00 bits per heavy atom. The summed E-state index contributed by atoms with van der Waals surface area (Å²) < 4.78 is 5.62. The van der Waals surface area contributed by atoms with Crippen LogP contribution in [-0.2, 0) is 5.41 Å². The Morgan fingerprint density at radius 2 is 2.27 bits per heavy atom. The summed E-state index contributed by atoms with van der Waals surface area (Å²) in [6.07, 6.45) is 2.69. The van der Waals surface area contributed by atoms with Gasteiger partial charge in [0.15, 0.2) is 5.82 Å². The van der Waals surface area contributed by atoms with E-state index in [1.54, 1.807) is 19.3 Å². The Labute approximate surface area is 152 Å². The van der Waals surface area contributed by atoms with Crippen molar-refractivity contribution in [3.8, 4) is 0 Å². The molecule has 0 spiro atoms. The maximum Gasteiger partial charge on any atom is 0.254 e. The van der Waals surface area contributed by atoms with Gasteiger partial charge >= 0.3 is 0 Å². The van der Waals surface area contributed by atoms with E-state index in [-0.39, 0.29) is 11.3 Å². The maximum atomic E-state index is 12.3. The number of amides is 1. The highest BCUT2D eigenvalue weighted by molar-refractivity contribution is 5.98. The Kier molecular flexibility index (Phi) is 4.14. The molecule has 4 heterocycles. The highest BCUT2D eigenvalue weighted by atomic mass is 16.5. The van der Waals surface area contributed by atoms with Gasteiger partial charge in [-0.05, 0) is 39.1 Å². The number of piperidine rings is 1. The number of aromatic nitrogens is 3. The highest BCUT2D eigenvalue weighted by Crippen LogP contribution is 2.45. The van der Waals surface area contributed by atoms with Gasteiger partial charge in [0.1, 0.15) is 5.82 Å². The summed E-state index contributed by atoms with van der Waals surface area (Å²) in [6.45, 7) is 5.33. The Hall–Kier alpha value is -2.48. The monoisotopic (exact) mass is 356 g/mol. The molecule has 2 saturated heterocycles. The van der Waals surface area contributed by atoms with E-state index in [1.807, 2.05) is 13.0 Å². The number of carbonyl (C=O) groups excluding carboxylic acids is 1. The average molecular weight is 356 g/mol. The molecule has 0 bridgehead atoms. The average Bonchev–Trinajstić information content (AvgIpc) is 3.25. The van der Waals surface area contributed by atoms with Gasteiger partial charge in [-0.15, -0.1) is 0 Å². The SMILES string of the molecule is CNC(=O)c1cccnc1N1C[C@H]2CN(C)CC[C@@]2(c2nc(C)no2)C1. The lowest BCUT2D eigenvalue weighted by molar-refractivity contribution is 0.0963. The van der Waals surface area contributed by atoms with Crippen LogP contribution in [0, 0.1) is 12.8 Å². The minimum atomic E-state index is -0.189.